The Balaban J connectivity index is 2.96. The Kier molecular flexibility index (Phi) is 3.88. The van der Waals surface area contributed by atoms with Crippen LogP contribution in [0.15, 0.2) is 18.2 Å². The molecule has 0 aliphatic heterocycles. The van der Waals surface area contributed by atoms with Crippen molar-refractivity contribution in [2.24, 2.45) is 0 Å². The average molecular weight is 225 g/mol. The van der Waals surface area contributed by atoms with Crippen LogP contribution in [0.3, 0.4) is 0 Å². The largest absolute Gasteiger partial charge is 0.508 e. The summed E-state index contributed by atoms with van der Waals surface area (Å²) in [6.07, 6.45) is 0.807. The molecule has 0 aliphatic carbocycles. The Hall–Kier alpha value is -1.58. The number of rotatable bonds is 3. The molecule has 0 spiro atoms. The number of phenols is 1. The van der Waals surface area contributed by atoms with E-state index in [1.54, 1.807) is 7.05 Å². The first-order chi connectivity index (χ1) is 7.47. The molecule has 1 unspecified atom stereocenters. The van der Waals surface area contributed by atoms with Crippen molar-refractivity contribution >= 4 is 5.91 Å². The second kappa shape index (κ2) is 4.96. The van der Waals surface area contributed by atoms with Crippen LogP contribution >= 0.6 is 0 Å². The number of phenolic OH excluding ortho intramolecular Hbond substituents is 1. The molecule has 4 heteroatoms. The number of aromatic hydroxyl groups is 1. The predicted octanol–water partition coefficient (Wildman–Crippen LogP) is 2.40. The number of hydrogen-bond acceptors (Lipinski definition) is 2. The SMILES string of the molecule is CCC(C)N(C)C(=O)c1ccc(O)cc1F. The van der Waals surface area contributed by atoms with Crippen LogP contribution < -0.4 is 0 Å². The van der Waals surface area contributed by atoms with Crippen LogP contribution in [-0.4, -0.2) is 29.0 Å². The Morgan fingerprint density at radius 1 is 1.56 bits per heavy atom. The molecule has 0 heterocycles. The van der Waals surface area contributed by atoms with Gasteiger partial charge in [-0.25, -0.2) is 4.39 Å². The second-order valence-electron chi connectivity index (χ2n) is 3.84. The van der Waals surface area contributed by atoms with Crippen molar-refractivity contribution < 1.29 is 14.3 Å². The van der Waals surface area contributed by atoms with Crippen LogP contribution in [0.2, 0.25) is 0 Å². The molecule has 88 valence electrons. The quantitative estimate of drug-likeness (QED) is 0.858. The molecule has 1 N–H and O–H groups in total. The molecule has 1 atom stereocenters. The van der Waals surface area contributed by atoms with Gasteiger partial charge in [0.2, 0.25) is 0 Å². The summed E-state index contributed by atoms with van der Waals surface area (Å²) in [5.41, 5.74) is -0.0133. The first-order valence-corrected chi connectivity index (χ1v) is 5.23. The van der Waals surface area contributed by atoms with Gasteiger partial charge in [0, 0.05) is 19.2 Å². The molecule has 1 rings (SSSR count). The van der Waals surface area contributed by atoms with Crippen LogP contribution in [0, 0.1) is 5.82 Å². The summed E-state index contributed by atoms with van der Waals surface area (Å²) >= 11 is 0. The maximum atomic E-state index is 13.4. The third-order valence-corrected chi connectivity index (χ3v) is 2.76. The summed E-state index contributed by atoms with van der Waals surface area (Å²) in [4.78, 5) is 13.4. The van der Waals surface area contributed by atoms with Gasteiger partial charge in [0.1, 0.15) is 11.6 Å². The molecule has 16 heavy (non-hydrogen) atoms. The van der Waals surface area contributed by atoms with Crippen molar-refractivity contribution in [3.63, 3.8) is 0 Å². The number of nitrogens with zero attached hydrogens (tertiary/aromatic N) is 1. The number of carbonyl (C=O) groups excluding carboxylic acids is 1. The number of carbonyl (C=O) groups is 1. The number of amides is 1. The molecule has 1 amide bonds. The second-order valence-corrected chi connectivity index (χ2v) is 3.84. The van der Waals surface area contributed by atoms with Crippen molar-refractivity contribution in [3.05, 3.63) is 29.6 Å². The summed E-state index contributed by atoms with van der Waals surface area (Å²) in [6, 6.07) is 3.60. The molecule has 1 aromatic rings. The van der Waals surface area contributed by atoms with Crippen LogP contribution in [0.5, 0.6) is 5.75 Å². The molecular weight excluding hydrogens is 209 g/mol. The van der Waals surface area contributed by atoms with Gasteiger partial charge >= 0.3 is 0 Å². The lowest BCUT2D eigenvalue weighted by molar-refractivity contribution is 0.0736. The zero-order valence-electron chi connectivity index (χ0n) is 9.70. The van der Waals surface area contributed by atoms with E-state index in [4.69, 9.17) is 5.11 Å². The lowest BCUT2D eigenvalue weighted by atomic mass is 10.1. The fourth-order valence-electron chi connectivity index (χ4n) is 1.34. The minimum Gasteiger partial charge on any atom is -0.508 e. The van der Waals surface area contributed by atoms with Crippen molar-refractivity contribution in [1.29, 1.82) is 0 Å². The summed E-state index contributed by atoms with van der Waals surface area (Å²) in [6.45, 7) is 3.86. The van der Waals surface area contributed by atoms with Crippen LogP contribution in [0.1, 0.15) is 30.6 Å². The van der Waals surface area contributed by atoms with E-state index < -0.39 is 5.82 Å². The van der Waals surface area contributed by atoms with E-state index in [1.807, 2.05) is 13.8 Å². The highest BCUT2D eigenvalue weighted by molar-refractivity contribution is 5.94. The third-order valence-electron chi connectivity index (χ3n) is 2.76. The van der Waals surface area contributed by atoms with E-state index in [9.17, 15) is 9.18 Å². The van der Waals surface area contributed by atoms with E-state index in [0.717, 1.165) is 12.5 Å². The lowest BCUT2D eigenvalue weighted by Gasteiger charge is -2.24. The highest BCUT2D eigenvalue weighted by Gasteiger charge is 2.19. The number of halogens is 1. The average Bonchev–Trinajstić information content (AvgIpc) is 2.26. The van der Waals surface area contributed by atoms with Crippen LogP contribution in [0.4, 0.5) is 4.39 Å². The van der Waals surface area contributed by atoms with Crippen molar-refractivity contribution in [2.45, 2.75) is 26.3 Å². The Labute approximate surface area is 94.5 Å². The van der Waals surface area contributed by atoms with Crippen LogP contribution in [-0.2, 0) is 0 Å². The summed E-state index contributed by atoms with van der Waals surface area (Å²) in [5, 5.41) is 9.05. The number of benzene rings is 1. The van der Waals surface area contributed by atoms with Gasteiger partial charge in [-0.2, -0.15) is 0 Å². The van der Waals surface area contributed by atoms with Gasteiger partial charge in [-0.05, 0) is 25.5 Å². The van der Waals surface area contributed by atoms with E-state index in [-0.39, 0.29) is 23.3 Å². The smallest absolute Gasteiger partial charge is 0.256 e. The van der Waals surface area contributed by atoms with E-state index in [1.165, 1.54) is 17.0 Å². The van der Waals surface area contributed by atoms with Crippen molar-refractivity contribution in [2.75, 3.05) is 7.05 Å². The third kappa shape index (κ3) is 2.51. The van der Waals surface area contributed by atoms with Gasteiger partial charge in [-0.15, -0.1) is 0 Å². The minimum atomic E-state index is -0.694. The van der Waals surface area contributed by atoms with Gasteiger partial charge in [0.05, 0.1) is 5.56 Å². The Morgan fingerprint density at radius 3 is 2.69 bits per heavy atom. The molecule has 0 aliphatic rings. The van der Waals surface area contributed by atoms with Gasteiger partial charge < -0.3 is 10.0 Å². The zero-order valence-corrected chi connectivity index (χ0v) is 9.70. The normalized spacial score (nSPS) is 12.2. The van der Waals surface area contributed by atoms with Gasteiger partial charge in [0.15, 0.2) is 0 Å². The van der Waals surface area contributed by atoms with Gasteiger partial charge in [-0.3, -0.25) is 4.79 Å². The Morgan fingerprint density at radius 2 is 2.19 bits per heavy atom. The van der Waals surface area contributed by atoms with Gasteiger partial charge in [0.25, 0.3) is 5.91 Å². The standard InChI is InChI=1S/C12H16FNO2/c1-4-8(2)14(3)12(16)10-6-5-9(15)7-11(10)13/h5-8,15H,4H2,1-3H3. The maximum Gasteiger partial charge on any atom is 0.256 e. The summed E-state index contributed by atoms with van der Waals surface area (Å²) in [5.74, 6) is -1.24. The molecule has 0 saturated heterocycles. The van der Waals surface area contributed by atoms with E-state index >= 15 is 0 Å². The van der Waals surface area contributed by atoms with E-state index in [0.29, 0.717) is 0 Å². The zero-order chi connectivity index (χ0) is 12.3. The van der Waals surface area contributed by atoms with Crippen molar-refractivity contribution in [1.82, 2.24) is 4.90 Å². The number of hydrogen-bond donors (Lipinski definition) is 1. The molecular formula is C12H16FNO2. The maximum absolute atomic E-state index is 13.4. The predicted molar refractivity (Wildman–Crippen MR) is 59.9 cm³/mol. The lowest BCUT2D eigenvalue weighted by Crippen LogP contribution is -2.35. The first kappa shape index (κ1) is 12.5. The molecule has 0 bridgehead atoms. The monoisotopic (exact) mass is 225 g/mol. The fraction of sp³-hybridized carbons (Fsp3) is 0.417. The molecule has 1 aromatic carbocycles. The minimum absolute atomic E-state index is 0.0133. The van der Waals surface area contributed by atoms with Crippen molar-refractivity contribution in [3.8, 4) is 5.75 Å². The van der Waals surface area contributed by atoms with Gasteiger partial charge in [-0.1, -0.05) is 6.92 Å². The molecule has 0 radical (unpaired) electrons. The highest BCUT2D eigenvalue weighted by Crippen LogP contribution is 2.17. The molecule has 0 aromatic heterocycles. The topological polar surface area (TPSA) is 40.5 Å². The molecule has 3 nitrogen and oxygen atoms in total. The molecule has 0 saturated carbocycles. The molecule has 0 fully saturated rings. The fourth-order valence-corrected chi connectivity index (χ4v) is 1.34. The highest BCUT2D eigenvalue weighted by atomic mass is 19.1. The summed E-state index contributed by atoms with van der Waals surface area (Å²) in [7, 11) is 1.64. The van der Waals surface area contributed by atoms with Crippen LogP contribution in [0.25, 0.3) is 0 Å². The Bertz CT molecular complexity index is 393. The summed E-state index contributed by atoms with van der Waals surface area (Å²) < 4.78 is 13.4. The first-order valence-electron chi connectivity index (χ1n) is 5.23. The van der Waals surface area contributed by atoms with E-state index in [2.05, 4.69) is 0 Å².